The third-order valence-electron chi connectivity index (χ3n) is 8.74. The smallest absolute Gasteiger partial charge is 0.144 e. The second-order valence-electron chi connectivity index (χ2n) is 11.3. The molecule has 2 nitrogen and oxygen atoms in total. The molecule has 0 aromatic heterocycles. The summed E-state index contributed by atoms with van der Waals surface area (Å²) in [5.74, 6) is -0.350. The lowest BCUT2D eigenvalue weighted by Crippen LogP contribution is -2.22. The van der Waals surface area contributed by atoms with Crippen molar-refractivity contribution in [1.82, 2.24) is 0 Å². The summed E-state index contributed by atoms with van der Waals surface area (Å²) in [6.07, 6.45) is 15.2. The third kappa shape index (κ3) is 7.73. The fourth-order valence-electron chi connectivity index (χ4n) is 6.30. The summed E-state index contributed by atoms with van der Waals surface area (Å²) in [5, 5.41) is 8.88. The van der Waals surface area contributed by atoms with E-state index in [1.807, 2.05) is 12.1 Å². The molecular formula is C33H40F3NO. The van der Waals surface area contributed by atoms with Crippen LogP contribution in [0, 0.1) is 40.6 Å². The zero-order valence-corrected chi connectivity index (χ0v) is 22.4. The van der Waals surface area contributed by atoms with Gasteiger partial charge in [-0.2, -0.15) is 5.26 Å². The molecule has 0 unspecified atom stereocenters. The van der Waals surface area contributed by atoms with E-state index in [1.165, 1.54) is 25.0 Å². The SMILES string of the molecule is C=CCCOC1CCC(CCc2ccc(CCC3CCC(c4cc(F)c(C#N)c(F)c4)CC3)c(F)c2)CC1. The molecular weight excluding hydrogens is 483 g/mol. The van der Waals surface area contributed by atoms with Crippen molar-refractivity contribution in [1.29, 1.82) is 5.26 Å². The Morgan fingerprint density at radius 2 is 1.47 bits per heavy atom. The quantitative estimate of drug-likeness (QED) is 0.217. The fourth-order valence-corrected chi connectivity index (χ4v) is 6.30. The number of aryl methyl sites for hydroxylation is 2. The molecule has 2 aromatic carbocycles. The van der Waals surface area contributed by atoms with Gasteiger partial charge in [0.1, 0.15) is 29.1 Å². The molecule has 0 atom stereocenters. The average molecular weight is 524 g/mol. The molecule has 4 rings (SSSR count). The van der Waals surface area contributed by atoms with E-state index in [0.29, 0.717) is 23.5 Å². The van der Waals surface area contributed by atoms with Gasteiger partial charge in [-0.15, -0.1) is 6.58 Å². The monoisotopic (exact) mass is 523 g/mol. The van der Waals surface area contributed by atoms with E-state index < -0.39 is 17.2 Å². The third-order valence-corrected chi connectivity index (χ3v) is 8.74. The van der Waals surface area contributed by atoms with Crippen molar-refractivity contribution in [2.24, 2.45) is 11.8 Å². The minimum Gasteiger partial charge on any atom is -0.378 e. The van der Waals surface area contributed by atoms with Gasteiger partial charge in [0.05, 0.1) is 12.7 Å². The van der Waals surface area contributed by atoms with Crippen molar-refractivity contribution >= 4 is 0 Å². The van der Waals surface area contributed by atoms with E-state index >= 15 is 0 Å². The zero-order valence-electron chi connectivity index (χ0n) is 22.4. The molecule has 2 saturated carbocycles. The summed E-state index contributed by atoms with van der Waals surface area (Å²) >= 11 is 0. The Morgan fingerprint density at radius 1 is 0.842 bits per heavy atom. The number of benzene rings is 2. The lowest BCUT2D eigenvalue weighted by atomic mass is 9.76. The molecule has 0 amide bonds. The summed E-state index contributed by atoms with van der Waals surface area (Å²) in [6.45, 7) is 4.51. The molecule has 5 heteroatoms. The first-order valence-corrected chi connectivity index (χ1v) is 14.4. The number of ether oxygens (including phenoxy) is 1. The van der Waals surface area contributed by atoms with Gasteiger partial charge in [-0.3, -0.25) is 0 Å². The Balaban J connectivity index is 1.18. The van der Waals surface area contributed by atoms with E-state index in [-0.39, 0.29) is 11.7 Å². The molecule has 0 aliphatic heterocycles. The van der Waals surface area contributed by atoms with Crippen LogP contribution < -0.4 is 0 Å². The molecule has 38 heavy (non-hydrogen) atoms. The highest BCUT2D eigenvalue weighted by Crippen LogP contribution is 2.38. The van der Waals surface area contributed by atoms with Crippen molar-refractivity contribution in [2.45, 2.75) is 95.5 Å². The molecule has 204 valence electrons. The topological polar surface area (TPSA) is 33.0 Å². The van der Waals surface area contributed by atoms with Gasteiger partial charge >= 0.3 is 0 Å². The number of nitriles is 1. The molecule has 0 heterocycles. The number of hydrogen-bond donors (Lipinski definition) is 0. The molecule has 2 aromatic rings. The fraction of sp³-hybridized carbons (Fsp3) is 0.545. The maximum Gasteiger partial charge on any atom is 0.144 e. The Hall–Kier alpha value is -2.58. The summed E-state index contributed by atoms with van der Waals surface area (Å²) in [6, 6.07) is 9.99. The second kappa shape index (κ2) is 14.0. The first-order valence-electron chi connectivity index (χ1n) is 14.4. The summed E-state index contributed by atoms with van der Waals surface area (Å²) in [5.41, 5.74) is 1.99. The van der Waals surface area contributed by atoms with Gasteiger partial charge in [0.2, 0.25) is 0 Å². The van der Waals surface area contributed by atoms with Gasteiger partial charge in [-0.05, 0) is 136 Å². The molecule has 0 spiro atoms. The van der Waals surface area contributed by atoms with Crippen LogP contribution in [-0.2, 0) is 17.6 Å². The lowest BCUT2D eigenvalue weighted by Gasteiger charge is -2.29. The normalized spacial score (nSPS) is 23.6. The van der Waals surface area contributed by atoms with Gasteiger partial charge in [-0.25, -0.2) is 13.2 Å². The Morgan fingerprint density at radius 3 is 2.08 bits per heavy atom. The number of hydrogen-bond acceptors (Lipinski definition) is 2. The summed E-state index contributed by atoms with van der Waals surface area (Å²) < 4.78 is 48.8. The van der Waals surface area contributed by atoms with E-state index in [0.717, 1.165) is 88.4 Å². The number of nitrogens with zero attached hydrogens (tertiary/aromatic N) is 1. The molecule has 2 aliphatic carbocycles. The van der Waals surface area contributed by atoms with Gasteiger partial charge in [0.15, 0.2) is 0 Å². The molecule has 0 bridgehead atoms. The zero-order chi connectivity index (χ0) is 26.9. The van der Waals surface area contributed by atoms with E-state index in [4.69, 9.17) is 10.00 Å². The van der Waals surface area contributed by atoms with Gasteiger partial charge in [-0.1, -0.05) is 18.2 Å². The Bertz CT molecular complexity index is 1080. The predicted molar refractivity (Wildman–Crippen MR) is 145 cm³/mol. The highest BCUT2D eigenvalue weighted by atomic mass is 19.1. The molecule has 0 saturated heterocycles. The van der Waals surface area contributed by atoms with Crippen LogP contribution in [-0.4, -0.2) is 12.7 Å². The van der Waals surface area contributed by atoms with Crippen molar-refractivity contribution in [3.63, 3.8) is 0 Å². The van der Waals surface area contributed by atoms with Crippen molar-refractivity contribution in [3.05, 3.63) is 82.7 Å². The maximum atomic E-state index is 14.9. The number of halogens is 3. The molecule has 0 radical (unpaired) electrons. The summed E-state index contributed by atoms with van der Waals surface area (Å²) in [4.78, 5) is 0. The highest BCUT2D eigenvalue weighted by Gasteiger charge is 2.25. The molecule has 0 N–H and O–H groups in total. The highest BCUT2D eigenvalue weighted by molar-refractivity contribution is 5.36. The molecule has 2 aliphatic rings. The first kappa shape index (κ1) is 28.4. The minimum atomic E-state index is -0.777. The van der Waals surface area contributed by atoms with E-state index in [1.54, 1.807) is 12.1 Å². The Labute approximate surface area is 225 Å². The van der Waals surface area contributed by atoms with Gasteiger partial charge in [0, 0.05) is 0 Å². The van der Waals surface area contributed by atoms with Crippen molar-refractivity contribution in [2.75, 3.05) is 6.61 Å². The van der Waals surface area contributed by atoms with Gasteiger partial charge < -0.3 is 4.74 Å². The van der Waals surface area contributed by atoms with Crippen LogP contribution in [0.2, 0.25) is 0 Å². The predicted octanol–water partition coefficient (Wildman–Crippen LogP) is 8.97. The van der Waals surface area contributed by atoms with Crippen LogP contribution >= 0.6 is 0 Å². The average Bonchev–Trinajstić information content (AvgIpc) is 2.92. The standard InChI is InChI=1S/C33H40F3NO/c1-2-3-18-38-29-16-10-23(11-17-29)4-5-25-9-15-27(31(34)19-25)14-8-24-6-12-26(13-7-24)28-20-32(35)30(22-37)33(36)21-28/h2,9,15,19-21,23-24,26,29H,1,3-8,10-14,16-18H2. The van der Waals surface area contributed by atoms with E-state index in [9.17, 15) is 13.2 Å². The maximum absolute atomic E-state index is 14.9. The van der Waals surface area contributed by atoms with Crippen LogP contribution in [0.1, 0.15) is 98.8 Å². The van der Waals surface area contributed by atoms with Crippen molar-refractivity contribution < 1.29 is 17.9 Å². The van der Waals surface area contributed by atoms with Crippen LogP contribution in [0.5, 0.6) is 0 Å². The van der Waals surface area contributed by atoms with Crippen LogP contribution in [0.15, 0.2) is 43.0 Å². The van der Waals surface area contributed by atoms with Crippen molar-refractivity contribution in [3.8, 4) is 6.07 Å². The number of rotatable bonds is 11. The largest absolute Gasteiger partial charge is 0.378 e. The lowest BCUT2D eigenvalue weighted by molar-refractivity contribution is 0.0198. The van der Waals surface area contributed by atoms with E-state index in [2.05, 4.69) is 12.6 Å². The van der Waals surface area contributed by atoms with Crippen LogP contribution in [0.4, 0.5) is 13.2 Å². The van der Waals surface area contributed by atoms with Crippen LogP contribution in [0.3, 0.4) is 0 Å². The molecule has 2 fully saturated rings. The first-order chi connectivity index (χ1) is 18.5. The second-order valence-corrected chi connectivity index (χ2v) is 11.3. The minimum absolute atomic E-state index is 0.0981. The van der Waals surface area contributed by atoms with Crippen LogP contribution in [0.25, 0.3) is 0 Å². The Kier molecular flexibility index (Phi) is 10.5. The van der Waals surface area contributed by atoms with Gasteiger partial charge in [0.25, 0.3) is 0 Å². The summed E-state index contributed by atoms with van der Waals surface area (Å²) in [7, 11) is 0.